The Bertz CT molecular complexity index is 334. The molecule has 0 aromatic carbocycles. The van der Waals surface area contributed by atoms with Crippen LogP contribution in [0.3, 0.4) is 0 Å². The van der Waals surface area contributed by atoms with Gasteiger partial charge in [-0.05, 0) is 46.5 Å². The monoisotopic (exact) mass is 293 g/mol. The van der Waals surface area contributed by atoms with Crippen molar-refractivity contribution in [3.63, 3.8) is 0 Å². The van der Waals surface area contributed by atoms with E-state index in [1.165, 1.54) is 0 Å². The lowest BCUT2D eigenvalue weighted by Crippen LogP contribution is -2.43. The van der Waals surface area contributed by atoms with Gasteiger partial charge in [-0.2, -0.15) is 4.21 Å². The highest BCUT2D eigenvalue weighted by atomic mass is 32.2. The van der Waals surface area contributed by atoms with Crippen molar-refractivity contribution in [3.8, 4) is 0 Å². The van der Waals surface area contributed by atoms with E-state index in [2.05, 4.69) is 0 Å². The Labute approximate surface area is 116 Å². The van der Waals surface area contributed by atoms with Crippen LogP contribution in [0.2, 0.25) is 0 Å². The van der Waals surface area contributed by atoms with Gasteiger partial charge in [-0.1, -0.05) is 0 Å². The Morgan fingerprint density at radius 1 is 1.37 bits per heavy atom. The number of amides is 1. The summed E-state index contributed by atoms with van der Waals surface area (Å²) < 4.78 is 29.4. The predicted octanol–water partition coefficient (Wildman–Crippen LogP) is 2.18. The van der Waals surface area contributed by atoms with Gasteiger partial charge in [0, 0.05) is 13.1 Å². The summed E-state index contributed by atoms with van der Waals surface area (Å²) in [6.07, 6.45) is 0.909. The maximum Gasteiger partial charge on any atom is 0.410 e. The van der Waals surface area contributed by atoms with Crippen LogP contribution in [0.4, 0.5) is 4.79 Å². The summed E-state index contributed by atoms with van der Waals surface area (Å²) >= 11 is -2.23. The average Bonchev–Trinajstić information content (AvgIpc) is 2.26. The highest BCUT2D eigenvalue weighted by Crippen LogP contribution is 2.24. The van der Waals surface area contributed by atoms with E-state index in [0.29, 0.717) is 13.1 Å². The topological polar surface area (TPSA) is 76.1 Å². The first kappa shape index (κ1) is 16.4. The lowest BCUT2D eigenvalue weighted by molar-refractivity contribution is 0.0123. The second kappa shape index (κ2) is 6.67. The minimum absolute atomic E-state index is 0.190. The zero-order valence-electron chi connectivity index (χ0n) is 11.9. The molecule has 1 heterocycles. The molecule has 1 aliphatic rings. The van der Waals surface area contributed by atoms with Crippen LogP contribution in [0, 0.1) is 5.92 Å². The number of rotatable bonds is 3. The molecule has 0 saturated carbocycles. The molecule has 7 heteroatoms. The molecular formula is C12H23NO5S. The van der Waals surface area contributed by atoms with Crippen LogP contribution in [0.5, 0.6) is 0 Å². The standard InChI is InChI=1S/C12H23NO5S/c1-9(18-19(15)16)10-5-7-13(8-6-10)11(14)17-12(2,3)4/h9-10H,5-8H2,1-4H3,(H,15,16). The van der Waals surface area contributed by atoms with Crippen LogP contribution in [0.25, 0.3) is 0 Å². The first-order valence-electron chi connectivity index (χ1n) is 6.45. The molecule has 0 bridgehead atoms. The molecular weight excluding hydrogens is 270 g/mol. The van der Waals surface area contributed by atoms with Gasteiger partial charge in [-0.15, -0.1) is 0 Å². The van der Waals surface area contributed by atoms with Crippen LogP contribution >= 0.6 is 0 Å². The molecule has 1 fully saturated rings. The van der Waals surface area contributed by atoms with E-state index in [9.17, 15) is 9.00 Å². The second-order valence-electron chi connectivity index (χ2n) is 5.82. The maximum atomic E-state index is 11.9. The number of hydrogen-bond donors (Lipinski definition) is 1. The SMILES string of the molecule is CC(OS(=O)O)C1CCN(C(=O)OC(C)(C)C)CC1. The third-order valence-corrected chi connectivity index (χ3v) is 3.56. The summed E-state index contributed by atoms with van der Waals surface area (Å²) in [5.41, 5.74) is -0.488. The fraction of sp³-hybridized carbons (Fsp3) is 0.917. The van der Waals surface area contributed by atoms with Crippen molar-refractivity contribution in [3.05, 3.63) is 0 Å². The van der Waals surface area contributed by atoms with Gasteiger partial charge in [-0.3, -0.25) is 8.74 Å². The van der Waals surface area contributed by atoms with Gasteiger partial charge in [0.2, 0.25) is 0 Å². The Morgan fingerprint density at radius 2 is 1.89 bits per heavy atom. The van der Waals surface area contributed by atoms with Crippen molar-refractivity contribution in [2.24, 2.45) is 5.92 Å². The summed E-state index contributed by atoms with van der Waals surface area (Å²) in [6, 6.07) is 0. The summed E-state index contributed by atoms with van der Waals surface area (Å²) in [5.74, 6) is 0.190. The Kier molecular flexibility index (Phi) is 5.76. The van der Waals surface area contributed by atoms with E-state index < -0.39 is 17.0 Å². The third kappa shape index (κ3) is 5.88. The molecule has 112 valence electrons. The van der Waals surface area contributed by atoms with Gasteiger partial charge in [0.15, 0.2) is 0 Å². The van der Waals surface area contributed by atoms with Gasteiger partial charge in [0.05, 0.1) is 6.10 Å². The van der Waals surface area contributed by atoms with E-state index in [-0.39, 0.29) is 18.1 Å². The molecule has 0 spiro atoms. The van der Waals surface area contributed by atoms with Gasteiger partial charge < -0.3 is 9.64 Å². The minimum atomic E-state index is -2.23. The number of hydrogen-bond acceptors (Lipinski definition) is 4. The van der Waals surface area contributed by atoms with Crippen molar-refractivity contribution in [1.29, 1.82) is 0 Å². The Balaban J connectivity index is 2.40. The molecule has 0 aromatic heterocycles. The number of likely N-dealkylation sites (tertiary alicyclic amines) is 1. The first-order chi connectivity index (χ1) is 8.69. The summed E-state index contributed by atoms with van der Waals surface area (Å²) in [5, 5.41) is 0. The molecule has 1 amide bonds. The van der Waals surface area contributed by atoms with E-state index in [1.54, 1.807) is 11.8 Å². The van der Waals surface area contributed by atoms with Gasteiger partial charge >= 0.3 is 17.5 Å². The molecule has 0 aliphatic carbocycles. The van der Waals surface area contributed by atoms with Crippen LogP contribution < -0.4 is 0 Å². The number of carbonyl (C=O) groups is 1. The smallest absolute Gasteiger partial charge is 0.410 e. The molecule has 1 saturated heterocycles. The van der Waals surface area contributed by atoms with E-state index >= 15 is 0 Å². The van der Waals surface area contributed by atoms with E-state index in [0.717, 1.165) is 12.8 Å². The summed E-state index contributed by atoms with van der Waals surface area (Å²) in [4.78, 5) is 13.5. The number of piperidine rings is 1. The summed E-state index contributed by atoms with van der Waals surface area (Å²) in [6.45, 7) is 8.47. The largest absolute Gasteiger partial charge is 0.444 e. The van der Waals surface area contributed by atoms with Gasteiger partial charge in [0.25, 0.3) is 0 Å². The van der Waals surface area contributed by atoms with Crippen molar-refractivity contribution >= 4 is 17.5 Å². The summed E-state index contributed by atoms with van der Waals surface area (Å²) in [7, 11) is 0. The van der Waals surface area contributed by atoms with Crippen molar-refractivity contribution in [2.45, 2.75) is 52.2 Å². The number of carbonyl (C=O) groups excluding carboxylic acids is 1. The minimum Gasteiger partial charge on any atom is -0.444 e. The fourth-order valence-corrected chi connectivity index (χ4v) is 2.50. The van der Waals surface area contributed by atoms with Crippen molar-refractivity contribution in [1.82, 2.24) is 4.90 Å². The number of ether oxygens (including phenoxy) is 1. The highest BCUT2D eigenvalue weighted by Gasteiger charge is 2.30. The van der Waals surface area contributed by atoms with Crippen molar-refractivity contribution in [2.75, 3.05) is 13.1 Å². The van der Waals surface area contributed by atoms with Crippen LogP contribution in [0.1, 0.15) is 40.5 Å². The van der Waals surface area contributed by atoms with Crippen LogP contribution in [-0.4, -0.2) is 44.5 Å². The molecule has 2 unspecified atom stereocenters. The molecule has 19 heavy (non-hydrogen) atoms. The Morgan fingerprint density at radius 3 is 2.32 bits per heavy atom. The van der Waals surface area contributed by atoms with E-state index in [1.807, 2.05) is 20.8 Å². The van der Waals surface area contributed by atoms with Crippen molar-refractivity contribution < 1.29 is 22.5 Å². The lowest BCUT2D eigenvalue weighted by Gasteiger charge is -2.35. The number of nitrogens with zero attached hydrogens (tertiary/aromatic N) is 1. The zero-order chi connectivity index (χ0) is 14.6. The van der Waals surface area contributed by atoms with Crippen LogP contribution in [0.15, 0.2) is 0 Å². The normalized spacial score (nSPS) is 21.0. The molecule has 1 rings (SSSR count). The predicted molar refractivity (Wildman–Crippen MR) is 71.8 cm³/mol. The molecule has 2 atom stereocenters. The Hall–Kier alpha value is -0.660. The fourth-order valence-electron chi connectivity index (χ4n) is 2.09. The van der Waals surface area contributed by atoms with Crippen LogP contribution in [-0.2, 0) is 20.3 Å². The van der Waals surface area contributed by atoms with E-state index in [4.69, 9.17) is 13.5 Å². The molecule has 1 aliphatic heterocycles. The molecule has 0 radical (unpaired) electrons. The average molecular weight is 293 g/mol. The maximum absolute atomic E-state index is 11.9. The first-order valence-corrected chi connectivity index (χ1v) is 7.48. The molecule has 1 N–H and O–H groups in total. The highest BCUT2D eigenvalue weighted by molar-refractivity contribution is 7.74. The quantitative estimate of drug-likeness (QED) is 0.807. The molecule has 6 nitrogen and oxygen atoms in total. The lowest BCUT2D eigenvalue weighted by atomic mass is 9.92. The molecule has 0 aromatic rings. The van der Waals surface area contributed by atoms with Gasteiger partial charge in [0.1, 0.15) is 5.60 Å². The zero-order valence-corrected chi connectivity index (χ0v) is 12.7. The third-order valence-electron chi connectivity index (χ3n) is 3.09. The van der Waals surface area contributed by atoms with Gasteiger partial charge in [-0.25, -0.2) is 4.79 Å². The second-order valence-corrected chi connectivity index (χ2v) is 6.45.